The lowest BCUT2D eigenvalue weighted by molar-refractivity contribution is 0.000791. The molecule has 0 spiro atoms. The Labute approximate surface area is 82.4 Å². The minimum atomic E-state index is -0.149. The molecule has 0 bridgehead atoms. The largest absolute Gasteiger partial charge is 0.372 e. The number of hydrogen-bond donors (Lipinski definition) is 0. The molecular weight excluding hydrogens is 162 g/mol. The van der Waals surface area contributed by atoms with Crippen molar-refractivity contribution in [3.8, 4) is 0 Å². The highest BCUT2D eigenvalue weighted by Crippen LogP contribution is 2.29. The minimum absolute atomic E-state index is 0.149. The number of nitrogens with zero attached hydrogens (tertiary/aromatic N) is 1. The third-order valence-electron chi connectivity index (χ3n) is 3.25. The molecule has 13 heavy (non-hydrogen) atoms. The standard InChI is InChI=1S/C11H23NO/c1-7-9(3)11(8-2,13-6)10(4)12-5/h9H,7-8H2,1-6H3. The van der Waals surface area contributed by atoms with Crippen molar-refractivity contribution in [3.63, 3.8) is 0 Å². The fraction of sp³-hybridized carbons (Fsp3) is 0.909. The summed E-state index contributed by atoms with van der Waals surface area (Å²) in [6.45, 7) is 8.63. The summed E-state index contributed by atoms with van der Waals surface area (Å²) in [5.41, 5.74) is 0.954. The molecular formula is C11H23NO. The quantitative estimate of drug-likeness (QED) is 0.603. The maximum atomic E-state index is 5.66. The zero-order valence-electron chi connectivity index (χ0n) is 9.85. The molecule has 0 rings (SSSR count). The van der Waals surface area contributed by atoms with Gasteiger partial charge in [0.15, 0.2) is 0 Å². The van der Waals surface area contributed by atoms with Crippen LogP contribution < -0.4 is 0 Å². The van der Waals surface area contributed by atoms with Gasteiger partial charge in [-0.1, -0.05) is 27.2 Å². The van der Waals surface area contributed by atoms with Crippen LogP contribution in [0.3, 0.4) is 0 Å². The molecule has 0 aromatic carbocycles. The summed E-state index contributed by atoms with van der Waals surface area (Å²) in [5.74, 6) is 0.520. The van der Waals surface area contributed by atoms with Crippen molar-refractivity contribution in [2.45, 2.75) is 46.1 Å². The van der Waals surface area contributed by atoms with Crippen molar-refractivity contribution >= 4 is 5.71 Å². The molecule has 0 fully saturated rings. The number of ether oxygens (including phenoxy) is 1. The van der Waals surface area contributed by atoms with E-state index in [1.54, 1.807) is 7.11 Å². The van der Waals surface area contributed by atoms with Crippen molar-refractivity contribution in [1.29, 1.82) is 0 Å². The molecule has 0 saturated carbocycles. The van der Waals surface area contributed by atoms with Crippen molar-refractivity contribution in [2.75, 3.05) is 14.2 Å². The zero-order chi connectivity index (χ0) is 10.5. The summed E-state index contributed by atoms with van der Waals surface area (Å²) < 4.78 is 5.66. The molecule has 0 aromatic rings. The van der Waals surface area contributed by atoms with E-state index in [-0.39, 0.29) is 5.60 Å². The Bertz CT molecular complexity index is 171. The van der Waals surface area contributed by atoms with E-state index in [2.05, 4.69) is 32.7 Å². The van der Waals surface area contributed by atoms with Crippen LogP contribution >= 0.6 is 0 Å². The number of methoxy groups -OCH3 is 1. The van der Waals surface area contributed by atoms with E-state index in [4.69, 9.17) is 4.74 Å². The molecule has 2 nitrogen and oxygen atoms in total. The molecule has 78 valence electrons. The molecule has 0 amide bonds. The van der Waals surface area contributed by atoms with E-state index >= 15 is 0 Å². The Morgan fingerprint density at radius 2 is 2.00 bits per heavy atom. The summed E-state index contributed by atoms with van der Waals surface area (Å²) in [7, 11) is 3.62. The van der Waals surface area contributed by atoms with Crippen LogP contribution in [0, 0.1) is 5.92 Å². The second-order valence-corrected chi connectivity index (χ2v) is 3.57. The smallest absolute Gasteiger partial charge is 0.107 e. The molecule has 2 unspecified atom stereocenters. The van der Waals surface area contributed by atoms with Crippen LogP contribution in [-0.2, 0) is 4.74 Å². The van der Waals surface area contributed by atoms with Crippen LogP contribution in [0.4, 0.5) is 0 Å². The van der Waals surface area contributed by atoms with Gasteiger partial charge in [0.25, 0.3) is 0 Å². The highest BCUT2D eigenvalue weighted by Gasteiger charge is 2.36. The first-order valence-electron chi connectivity index (χ1n) is 5.08. The van der Waals surface area contributed by atoms with Crippen LogP contribution in [0.1, 0.15) is 40.5 Å². The van der Waals surface area contributed by atoms with Gasteiger partial charge >= 0.3 is 0 Å². The topological polar surface area (TPSA) is 21.6 Å². The predicted octanol–water partition coefficient (Wildman–Crippen LogP) is 2.92. The normalized spacial score (nSPS) is 19.7. The van der Waals surface area contributed by atoms with Crippen LogP contribution in [0.2, 0.25) is 0 Å². The number of hydrogen-bond acceptors (Lipinski definition) is 2. The number of rotatable bonds is 5. The molecule has 0 aliphatic heterocycles. The summed E-state index contributed by atoms with van der Waals surface area (Å²) in [4.78, 5) is 4.26. The second kappa shape index (κ2) is 5.38. The van der Waals surface area contributed by atoms with Crippen molar-refractivity contribution in [3.05, 3.63) is 0 Å². The molecule has 0 aliphatic carbocycles. The zero-order valence-corrected chi connectivity index (χ0v) is 9.85. The van der Waals surface area contributed by atoms with Gasteiger partial charge < -0.3 is 4.74 Å². The van der Waals surface area contributed by atoms with Gasteiger partial charge in [0.05, 0.1) is 0 Å². The molecule has 0 aromatic heterocycles. The second-order valence-electron chi connectivity index (χ2n) is 3.57. The average Bonchev–Trinajstić information content (AvgIpc) is 2.19. The van der Waals surface area contributed by atoms with Gasteiger partial charge in [0.2, 0.25) is 0 Å². The molecule has 2 atom stereocenters. The van der Waals surface area contributed by atoms with Gasteiger partial charge in [-0.05, 0) is 19.3 Å². The van der Waals surface area contributed by atoms with Crippen LogP contribution in [0.5, 0.6) is 0 Å². The van der Waals surface area contributed by atoms with Crippen LogP contribution in [0.25, 0.3) is 0 Å². The summed E-state index contributed by atoms with van der Waals surface area (Å²) in [6.07, 6.45) is 2.11. The van der Waals surface area contributed by atoms with E-state index in [1.807, 2.05) is 7.05 Å². The van der Waals surface area contributed by atoms with Crippen molar-refractivity contribution < 1.29 is 4.74 Å². The van der Waals surface area contributed by atoms with E-state index in [1.165, 1.54) is 0 Å². The maximum Gasteiger partial charge on any atom is 0.107 e. The number of aliphatic imine (C=N–C) groups is 1. The Hall–Kier alpha value is -0.370. The maximum absolute atomic E-state index is 5.66. The fourth-order valence-corrected chi connectivity index (χ4v) is 1.97. The Morgan fingerprint density at radius 1 is 1.46 bits per heavy atom. The average molecular weight is 185 g/mol. The third-order valence-corrected chi connectivity index (χ3v) is 3.25. The van der Waals surface area contributed by atoms with Gasteiger partial charge in [-0.15, -0.1) is 0 Å². The molecule has 2 heteroatoms. The van der Waals surface area contributed by atoms with E-state index in [0.717, 1.165) is 18.6 Å². The SMILES string of the molecule is CCC(C)C(CC)(OC)C(C)=NC. The highest BCUT2D eigenvalue weighted by molar-refractivity contribution is 5.90. The fourth-order valence-electron chi connectivity index (χ4n) is 1.97. The summed E-state index contributed by atoms with van der Waals surface area (Å²) in [6, 6.07) is 0. The summed E-state index contributed by atoms with van der Waals surface area (Å²) in [5, 5.41) is 0. The molecule has 0 radical (unpaired) electrons. The summed E-state index contributed by atoms with van der Waals surface area (Å²) >= 11 is 0. The molecule has 0 N–H and O–H groups in total. The molecule has 0 aliphatic rings. The Balaban J connectivity index is 4.90. The van der Waals surface area contributed by atoms with Gasteiger partial charge in [-0.25, -0.2) is 0 Å². The minimum Gasteiger partial charge on any atom is -0.372 e. The van der Waals surface area contributed by atoms with Gasteiger partial charge in [-0.2, -0.15) is 0 Å². The van der Waals surface area contributed by atoms with Crippen molar-refractivity contribution in [1.82, 2.24) is 0 Å². The van der Waals surface area contributed by atoms with E-state index in [9.17, 15) is 0 Å². The van der Waals surface area contributed by atoms with E-state index < -0.39 is 0 Å². The van der Waals surface area contributed by atoms with Gasteiger partial charge in [-0.3, -0.25) is 4.99 Å². The van der Waals surface area contributed by atoms with Crippen LogP contribution in [0.15, 0.2) is 4.99 Å². The monoisotopic (exact) mass is 185 g/mol. The van der Waals surface area contributed by atoms with Crippen molar-refractivity contribution in [2.24, 2.45) is 10.9 Å². The Kier molecular flexibility index (Phi) is 5.23. The Morgan fingerprint density at radius 3 is 2.23 bits per heavy atom. The van der Waals surface area contributed by atoms with Crippen LogP contribution in [-0.4, -0.2) is 25.5 Å². The first-order chi connectivity index (χ1) is 6.08. The lowest BCUT2D eigenvalue weighted by Gasteiger charge is -2.36. The third kappa shape index (κ3) is 2.31. The van der Waals surface area contributed by atoms with Gasteiger partial charge in [0, 0.05) is 19.9 Å². The van der Waals surface area contributed by atoms with Gasteiger partial charge in [0.1, 0.15) is 5.60 Å². The first kappa shape index (κ1) is 12.6. The lowest BCUT2D eigenvalue weighted by atomic mass is 9.81. The molecule has 0 saturated heterocycles. The first-order valence-corrected chi connectivity index (χ1v) is 5.08. The van der Waals surface area contributed by atoms with E-state index in [0.29, 0.717) is 5.92 Å². The predicted molar refractivity (Wildman–Crippen MR) is 58.5 cm³/mol. The lowest BCUT2D eigenvalue weighted by Crippen LogP contribution is -2.44. The molecule has 0 heterocycles. The highest BCUT2D eigenvalue weighted by atomic mass is 16.5.